The van der Waals surface area contributed by atoms with E-state index < -0.39 is 24.2 Å². The number of halogens is 3. The number of nitrogens with one attached hydrogen (secondary N) is 1. The molecule has 0 radical (unpaired) electrons. The smallest absolute Gasteiger partial charge is 0.422 e. The Bertz CT molecular complexity index is 1050. The summed E-state index contributed by atoms with van der Waals surface area (Å²) in [5, 5.41) is 16.2. The molecule has 158 valence electrons. The SMILES string of the molecule is CC(C)(C)c1cc(-c2cc(-c3ccc(C(=O)O)cc3)[nH]n2)ccc1OCC(F)(F)F. The van der Waals surface area contributed by atoms with Crippen molar-refractivity contribution in [2.24, 2.45) is 0 Å². The molecule has 0 bridgehead atoms. The van der Waals surface area contributed by atoms with Gasteiger partial charge in [-0.2, -0.15) is 18.3 Å². The van der Waals surface area contributed by atoms with Crippen LogP contribution in [0.4, 0.5) is 13.2 Å². The number of hydrogen-bond acceptors (Lipinski definition) is 3. The summed E-state index contributed by atoms with van der Waals surface area (Å²) < 4.78 is 42.7. The number of ether oxygens (including phenoxy) is 1. The van der Waals surface area contributed by atoms with E-state index in [1.807, 2.05) is 20.8 Å². The van der Waals surface area contributed by atoms with Gasteiger partial charge in [0.05, 0.1) is 17.0 Å². The highest BCUT2D eigenvalue weighted by Crippen LogP contribution is 2.36. The highest BCUT2D eigenvalue weighted by molar-refractivity contribution is 5.88. The van der Waals surface area contributed by atoms with E-state index in [2.05, 4.69) is 10.2 Å². The molecule has 3 aromatic rings. The van der Waals surface area contributed by atoms with Gasteiger partial charge in [-0.3, -0.25) is 5.10 Å². The van der Waals surface area contributed by atoms with E-state index in [-0.39, 0.29) is 11.3 Å². The van der Waals surface area contributed by atoms with Gasteiger partial charge in [-0.15, -0.1) is 0 Å². The molecule has 0 spiro atoms. The number of carboxylic acids is 1. The third-order valence-electron chi connectivity index (χ3n) is 4.50. The molecule has 2 aromatic carbocycles. The van der Waals surface area contributed by atoms with Crippen LogP contribution in [0, 0.1) is 0 Å². The third-order valence-corrected chi connectivity index (χ3v) is 4.50. The van der Waals surface area contributed by atoms with Crippen LogP contribution in [0.5, 0.6) is 5.75 Å². The van der Waals surface area contributed by atoms with Crippen molar-refractivity contribution in [1.82, 2.24) is 10.2 Å². The van der Waals surface area contributed by atoms with Gasteiger partial charge < -0.3 is 9.84 Å². The maximum absolute atomic E-state index is 12.6. The summed E-state index contributed by atoms with van der Waals surface area (Å²) in [4.78, 5) is 11.0. The van der Waals surface area contributed by atoms with Crippen LogP contribution in [0.15, 0.2) is 48.5 Å². The van der Waals surface area contributed by atoms with Gasteiger partial charge in [-0.05, 0) is 47.4 Å². The molecule has 0 unspecified atom stereocenters. The molecule has 0 aliphatic heterocycles. The fourth-order valence-electron chi connectivity index (χ4n) is 2.97. The molecule has 0 atom stereocenters. The van der Waals surface area contributed by atoms with Gasteiger partial charge in [0, 0.05) is 11.1 Å². The lowest BCUT2D eigenvalue weighted by atomic mass is 9.85. The number of nitrogens with zero attached hydrogens (tertiary/aromatic N) is 1. The normalized spacial score (nSPS) is 12.1. The lowest BCUT2D eigenvalue weighted by molar-refractivity contribution is -0.153. The van der Waals surface area contributed by atoms with Gasteiger partial charge in [-0.1, -0.05) is 32.9 Å². The first-order chi connectivity index (χ1) is 13.9. The molecule has 0 fully saturated rings. The summed E-state index contributed by atoms with van der Waals surface area (Å²) in [5.41, 5.74) is 3.17. The van der Waals surface area contributed by atoms with Gasteiger partial charge in [0.2, 0.25) is 0 Å². The number of carboxylic acid groups (broad SMARTS) is 1. The topological polar surface area (TPSA) is 75.2 Å². The third kappa shape index (κ3) is 5.00. The van der Waals surface area contributed by atoms with Crippen molar-refractivity contribution in [3.8, 4) is 28.3 Å². The van der Waals surface area contributed by atoms with Crippen molar-refractivity contribution in [3.63, 3.8) is 0 Å². The summed E-state index contributed by atoms with van der Waals surface area (Å²) in [5.74, 6) is -0.821. The van der Waals surface area contributed by atoms with Crippen molar-refractivity contribution in [1.29, 1.82) is 0 Å². The van der Waals surface area contributed by atoms with Gasteiger partial charge >= 0.3 is 12.1 Å². The Balaban J connectivity index is 1.91. The number of hydrogen-bond donors (Lipinski definition) is 2. The maximum atomic E-state index is 12.6. The molecule has 5 nitrogen and oxygen atoms in total. The molecule has 1 aromatic heterocycles. The minimum Gasteiger partial charge on any atom is -0.484 e. The van der Waals surface area contributed by atoms with Crippen molar-refractivity contribution in [3.05, 3.63) is 59.7 Å². The highest BCUT2D eigenvalue weighted by Gasteiger charge is 2.30. The van der Waals surface area contributed by atoms with Crippen LogP contribution in [-0.4, -0.2) is 34.1 Å². The van der Waals surface area contributed by atoms with Crippen LogP contribution < -0.4 is 4.74 Å². The number of rotatable bonds is 5. The Morgan fingerprint density at radius 2 is 1.67 bits per heavy atom. The Morgan fingerprint density at radius 1 is 1.03 bits per heavy atom. The maximum Gasteiger partial charge on any atom is 0.422 e. The van der Waals surface area contributed by atoms with Gasteiger partial charge in [0.1, 0.15) is 5.75 Å². The second-order valence-electron chi connectivity index (χ2n) is 7.91. The zero-order valence-electron chi connectivity index (χ0n) is 16.7. The van der Waals surface area contributed by atoms with E-state index in [9.17, 15) is 18.0 Å². The van der Waals surface area contributed by atoms with Crippen LogP contribution in [-0.2, 0) is 5.41 Å². The standard InChI is InChI=1S/C22H21F3N2O3/c1-21(2,3)16-10-15(8-9-19(16)30-12-22(23,24)25)18-11-17(26-27-18)13-4-6-14(7-5-13)20(28)29/h4-11H,12H2,1-3H3,(H,26,27)(H,28,29). The summed E-state index contributed by atoms with van der Waals surface area (Å²) in [6.07, 6.45) is -4.42. The van der Waals surface area contributed by atoms with Crippen molar-refractivity contribution in [2.75, 3.05) is 6.61 Å². The number of aromatic nitrogens is 2. The number of aromatic amines is 1. The summed E-state index contributed by atoms with van der Waals surface area (Å²) in [7, 11) is 0. The second-order valence-corrected chi connectivity index (χ2v) is 7.91. The van der Waals surface area contributed by atoms with Crippen molar-refractivity contribution >= 4 is 5.97 Å². The van der Waals surface area contributed by atoms with Crippen LogP contribution in [0.25, 0.3) is 22.5 Å². The van der Waals surface area contributed by atoms with Crippen LogP contribution in [0.2, 0.25) is 0 Å². The summed E-state index contributed by atoms with van der Waals surface area (Å²) in [6.45, 7) is 4.33. The largest absolute Gasteiger partial charge is 0.484 e. The molecule has 8 heteroatoms. The molecule has 0 aliphatic carbocycles. The first-order valence-corrected chi connectivity index (χ1v) is 9.17. The Morgan fingerprint density at radius 3 is 2.23 bits per heavy atom. The molecule has 0 saturated heterocycles. The first kappa shape index (κ1) is 21.4. The minimum absolute atomic E-state index is 0.183. The van der Waals surface area contributed by atoms with Gasteiger partial charge in [-0.25, -0.2) is 4.79 Å². The molecule has 0 aliphatic rings. The minimum atomic E-state index is -4.42. The zero-order chi connectivity index (χ0) is 22.1. The Labute approximate surface area is 171 Å². The fourth-order valence-corrected chi connectivity index (χ4v) is 2.97. The van der Waals surface area contributed by atoms with E-state index in [0.717, 1.165) is 11.1 Å². The Kier molecular flexibility index (Phi) is 5.61. The molecule has 1 heterocycles. The highest BCUT2D eigenvalue weighted by atomic mass is 19.4. The van der Waals surface area contributed by atoms with E-state index >= 15 is 0 Å². The van der Waals surface area contributed by atoms with Gasteiger partial charge in [0.15, 0.2) is 6.61 Å². The van der Waals surface area contributed by atoms with Crippen molar-refractivity contribution in [2.45, 2.75) is 32.4 Å². The van der Waals surface area contributed by atoms with Crippen LogP contribution in [0.3, 0.4) is 0 Å². The number of benzene rings is 2. The van der Waals surface area contributed by atoms with E-state index in [1.165, 1.54) is 18.2 Å². The quantitative estimate of drug-likeness (QED) is 0.559. The van der Waals surface area contributed by atoms with Crippen molar-refractivity contribution < 1.29 is 27.8 Å². The van der Waals surface area contributed by atoms with E-state index in [0.29, 0.717) is 17.0 Å². The number of aromatic carboxylic acids is 1. The Hall–Kier alpha value is -3.29. The fraction of sp³-hybridized carbons (Fsp3) is 0.273. The first-order valence-electron chi connectivity index (χ1n) is 9.17. The van der Waals surface area contributed by atoms with Crippen LogP contribution in [0.1, 0.15) is 36.7 Å². The molecule has 30 heavy (non-hydrogen) atoms. The lowest BCUT2D eigenvalue weighted by Gasteiger charge is -2.24. The summed E-state index contributed by atoms with van der Waals surface area (Å²) >= 11 is 0. The molecule has 0 amide bonds. The number of carbonyl (C=O) groups is 1. The van der Waals surface area contributed by atoms with Crippen LogP contribution >= 0.6 is 0 Å². The second kappa shape index (κ2) is 7.85. The average molecular weight is 418 g/mol. The molecular weight excluding hydrogens is 397 g/mol. The number of H-pyrrole nitrogens is 1. The summed E-state index contributed by atoms with van der Waals surface area (Å²) in [6, 6.07) is 13.1. The van der Waals surface area contributed by atoms with E-state index in [1.54, 1.807) is 30.3 Å². The molecule has 2 N–H and O–H groups in total. The van der Waals surface area contributed by atoms with Gasteiger partial charge in [0.25, 0.3) is 0 Å². The predicted octanol–water partition coefficient (Wildman–Crippen LogP) is 5.68. The monoisotopic (exact) mass is 418 g/mol. The predicted molar refractivity (Wildman–Crippen MR) is 107 cm³/mol. The average Bonchev–Trinajstić information content (AvgIpc) is 3.15. The zero-order valence-corrected chi connectivity index (χ0v) is 16.7. The molecular formula is C22H21F3N2O3. The molecule has 3 rings (SSSR count). The number of alkyl halides is 3. The molecule has 0 saturated carbocycles. The lowest BCUT2D eigenvalue weighted by Crippen LogP contribution is -2.21. The van der Waals surface area contributed by atoms with E-state index in [4.69, 9.17) is 9.84 Å².